The minimum Gasteiger partial charge on any atom is -0.299 e. The van der Waals surface area contributed by atoms with E-state index >= 15 is 0 Å². The molecule has 2 nitrogen and oxygen atoms in total. The highest BCUT2D eigenvalue weighted by atomic mass is 16.1. The van der Waals surface area contributed by atoms with Gasteiger partial charge in [-0.15, -0.1) is 0 Å². The van der Waals surface area contributed by atoms with E-state index < -0.39 is 0 Å². The third kappa shape index (κ3) is 9.63. The van der Waals surface area contributed by atoms with Gasteiger partial charge in [-0.05, 0) is 32.6 Å². The van der Waals surface area contributed by atoms with E-state index in [9.17, 15) is 9.59 Å². The quantitative estimate of drug-likeness (QED) is 0.321. The van der Waals surface area contributed by atoms with Crippen LogP contribution in [0.3, 0.4) is 0 Å². The lowest BCUT2D eigenvalue weighted by Crippen LogP contribution is -2.07. The Morgan fingerprint density at radius 3 is 2.19 bits per heavy atom. The van der Waals surface area contributed by atoms with Crippen LogP contribution in [0.5, 0.6) is 0 Å². The van der Waals surface area contributed by atoms with E-state index in [-0.39, 0.29) is 18.0 Å². The Bertz CT molecular complexity index is 229. The van der Waals surface area contributed by atoms with Crippen molar-refractivity contribution in [3.63, 3.8) is 0 Å². The van der Waals surface area contributed by atoms with Gasteiger partial charge in [0.2, 0.25) is 0 Å². The lowest BCUT2D eigenvalue weighted by molar-refractivity contribution is -0.127. The van der Waals surface area contributed by atoms with Gasteiger partial charge in [0.15, 0.2) is 0 Å². The van der Waals surface area contributed by atoms with E-state index in [4.69, 9.17) is 0 Å². The number of carbonyl (C=O) groups is 2. The minimum absolute atomic E-state index is 0.111. The largest absolute Gasteiger partial charge is 0.299 e. The van der Waals surface area contributed by atoms with Crippen molar-refractivity contribution in [1.82, 2.24) is 0 Å². The molecule has 0 aromatic rings. The van der Waals surface area contributed by atoms with Gasteiger partial charge in [-0.3, -0.25) is 9.59 Å². The maximum Gasteiger partial charge on any atom is 0.140 e. The van der Waals surface area contributed by atoms with Crippen LogP contribution >= 0.6 is 0 Å². The summed E-state index contributed by atoms with van der Waals surface area (Å²) in [5.74, 6) is 0.224. The maximum absolute atomic E-state index is 11.4. The van der Waals surface area contributed by atoms with E-state index in [1.807, 2.05) is 13.0 Å². The standard InChI is InChI=1S/C14H24O2/c1-3-5-7-8-9-11-14(16)12-13(15)10-6-4-2/h3,5H,4,6-12H2,1-2H3/b5-3+. The summed E-state index contributed by atoms with van der Waals surface area (Å²) in [6.45, 7) is 4.05. The average molecular weight is 224 g/mol. The van der Waals surface area contributed by atoms with Gasteiger partial charge in [-0.1, -0.05) is 25.5 Å². The Hall–Kier alpha value is -0.920. The molecule has 0 spiro atoms. The molecule has 0 saturated carbocycles. The fourth-order valence-corrected chi connectivity index (χ4v) is 1.52. The molecule has 0 atom stereocenters. The smallest absolute Gasteiger partial charge is 0.140 e. The summed E-state index contributed by atoms with van der Waals surface area (Å²) in [5.41, 5.74) is 0. The lowest BCUT2D eigenvalue weighted by Gasteiger charge is -2.00. The van der Waals surface area contributed by atoms with Gasteiger partial charge >= 0.3 is 0 Å². The number of allylic oxidation sites excluding steroid dienone is 2. The van der Waals surface area contributed by atoms with Crippen molar-refractivity contribution >= 4 is 11.6 Å². The zero-order chi connectivity index (χ0) is 12.2. The number of unbranched alkanes of at least 4 members (excludes halogenated alkanes) is 3. The maximum atomic E-state index is 11.4. The van der Waals surface area contributed by atoms with Crippen LogP contribution in [0.15, 0.2) is 12.2 Å². The van der Waals surface area contributed by atoms with Crippen LogP contribution in [0.25, 0.3) is 0 Å². The molecule has 0 aliphatic rings. The number of Topliss-reactive ketones (excluding diaryl/α,β-unsaturated/α-hetero) is 2. The van der Waals surface area contributed by atoms with Crippen LogP contribution in [-0.4, -0.2) is 11.6 Å². The first kappa shape index (κ1) is 15.1. The number of ketones is 2. The second-order valence-electron chi connectivity index (χ2n) is 4.17. The van der Waals surface area contributed by atoms with Crippen LogP contribution in [0.2, 0.25) is 0 Å². The first-order chi connectivity index (χ1) is 7.70. The molecule has 0 saturated heterocycles. The zero-order valence-corrected chi connectivity index (χ0v) is 10.6. The normalized spacial score (nSPS) is 10.9. The second-order valence-corrected chi connectivity index (χ2v) is 4.17. The highest BCUT2D eigenvalue weighted by molar-refractivity contribution is 5.98. The van der Waals surface area contributed by atoms with Crippen LogP contribution in [-0.2, 0) is 9.59 Å². The van der Waals surface area contributed by atoms with E-state index in [0.29, 0.717) is 12.8 Å². The van der Waals surface area contributed by atoms with Crippen molar-refractivity contribution in [3.05, 3.63) is 12.2 Å². The van der Waals surface area contributed by atoms with Crippen molar-refractivity contribution in [3.8, 4) is 0 Å². The number of carbonyl (C=O) groups excluding carboxylic acids is 2. The summed E-state index contributed by atoms with van der Waals surface area (Å²) in [7, 11) is 0. The SMILES string of the molecule is C/C=C/CCCCC(=O)CC(=O)CCCC. The van der Waals surface area contributed by atoms with Gasteiger partial charge in [0.1, 0.15) is 11.6 Å². The number of hydrogen-bond acceptors (Lipinski definition) is 2. The lowest BCUT2D eigenvalue weighted by atomic mass is 10.0. The monoisotopic (exact) mass is 224 g/mol. The number of rotatable bonds is 10. The highest BCUT2D eigenvalue weighted by Gasteiger charge is 2.08. The molecule has 0 amide bonds. The van der Waals surface area contributed by atoms with E-state index in [1.54, 1.807) is 0 Å². The van der Waals surface area contributed by atoms with Gasteiger partial charge in [-0.2, -0.15) is 0 Å². The molecular weight excluding hydrogens is 200 g/mol. The molecule has 0 aromatic carbocycles. The van der Waals surface area contributed by atoms with Crippen LogP contribution in [0.1, 0.15) is 65.2 Å². The summed E-state index contributed by atoms with van der Waals surface area (Å²) in [5, 5.41) is 0. The summed E-state index contributed by atoms with van der Waals surface area (Å²) in [4.78, 5) is 22.7. The van der Waals surface area contributed by atoms with Crippen molar-refractivity contribution < 1.29 is 9.59 Å². The van der Waals surface area contributed by atoms with Crippen LogP contribution in [0, 0.1) is 0 Å². The molecule has 2 heteroatoms. The Kier molecular flexibility index (Phi) is 9.98. The molecule has 0 unspecified atom stereocenters. The van der Waals surface area contributed by atoms with E-state index in [2.05, 4.69) is 13.0 Å². The molecule has 0 rings (SSSR count). The summed E-state index contributed by atoms with van der Waals surface area (Å²) in [6, 6.07) is 0. The summed E-state index contributed by atoms with van der Waals surface area (Å²) >= 11 is 0. The highest BCUT2D eigenvalue weighted by Crippen LogP contribution is 2.06. The predicted molar refractivity (Wildman–Crippen MR) is 67.4 cm³/mol. The summed E-state index contributed by atoms with van der Waals surface area (Å²) < 4.78 is 0. The predicted octanol–water partition coefficient (Wildman–Crippen LogP) is 3.84. The molecular formula is C14H24O2. The molecule has 0 aromatic heterocycles. The average Bonchev–Trinajstić information content (AvgIpc) is 2.26. The summed E-state index contributed by atoms with van der Waals surface area (Å²) in [6.07, 6.45) is 10.3. The van der Waals surface area contributed by atoms with Gasteiger partial charge < -0.3 is 0 Å². The molecule has 16 heavy (non-hydrogen) atoms. The second kappa shape index (κ2) is 10.6. The van der Waals surface area contributed by atoms with Gasteiger partial charge in [0.05, 0.1) is 6.42 Å². The van der Waals surface area contributed by atoms with Crippen molar-refractivity contribution in [2.45, 2.75) is 65.2 Å². The van der Waals surface area contributed by atoms with Gasteiger partial charge in [0.25, 0.3) is 0 Å². The molecule has 0 aliphatic heterocycles. The Morgan fingerprint density at radius 1 is 1.00 bits per heavy atom. The van der Waals surface area contributed by atoms with Crippen molar-refractivity contribution in [2.75, 3.05) is 0 Å². The van der Waals surface area contributed by atoms with Crippen molar-refractivity contribution in [2.24, 2.45) is 0 Å². The van der Waals surface area contributed by atoms with Crippen LogP contribution < -0.4 is 0 Å². The fraction of sp³-hybridized carbons (Fsp3) is 0.714. The molecule has 0 N–H and O–H groups in total. The topological polar surface area (TPSA) is 34.1 Å². The third-order valence-electron chi connectivity index (χ3n) is 2.52. The first-order valence-electron chi connectivity index (χ1n) is 6.35. The molecule has 0 heterocycles. The molecule has 0 fully saturated rings. The fourth-order valence-electron chi connectivity index (χ4n) is 1.52. The van der Waals surface area contributed by atoms with E-state index in [1.165, 1.54) is 0 Å². The Balaban J connectivity index is 3.47. The first-order valence-corrected chi connectivity index (χ1v) is 6.35. The van der Waals surface area contributed by atoms with Crippen LogP contribution in [0.4, 0.5) is 0 Å². The minimum atomic E-state index is 0.111. The zero-order valence-electron chi connectivity index (χ0n) is 10.6. The number of hydrogen-bond donors (Lipinski definition) is 0. The van der Waals surface area contributed by atoms with Gasteiger partial charge in [0, 0.05) is 12.8 Å². The third-order valence-corrected chi connectivity index (χ3v) is 2.52. The van der Waals surface area contributed by atoms with E-state index in [0.717, 1.165) is 32.1 Å². The Morgan fingerprint density at radius 2 is 1.62 bits per heavy atom. The van der Waals surface area contributed by atoms with Crippen molar-refractivity contribution in [1.29, 1.82) is 0 Å². The molecule has 0 aliphatic carbocycles. The van der Waals surface area contributed by atoms with Gasteiger partial charge in [-0.25, -0.2) is 0 Å². The molecule has 92 valence electrons. The molecule has 0 bridgehead atoms. The Labute approximate surface area is 99.1 Å². The molecule has 0 radical (unpaired) electrons.